The molecule has 5 rings (SSSR count). The highest BCUT2D eigenvalue weighted by Crippen LogP contribution is 2.51. The molecule has 0 saturated carbocycles. The highest BCUT2D eigenvalue weighted by atomic mass is 32.2. The van der Waals surface area contributed by atoms with Gasteiger partial charge in [0.1, 0.15) is 22.6 Å². The van der Waals surface area contributed by atoms with Crippen LogP contribution in [0.2, 0.25) is 0 Å². The minimum absolute atomic E-state index is 0.0699. The molecule has 1 aliphatic rings. The fourth-order valence-electron chi connectivity index (χ4n) is 3.81. The van der Waals surface area contributed by atoms with Gasteiger partial charge in [0.2, 0.25) is 5.43 Å². The van der Waals surface area contributed by atoms with E-state index in [1.54, 1.807) is 47.0 Å². The highest BCUT2D eigenvalue weighted by Gasteiger charge is 2.37. The Kier molecular flexibility index (Phi) is 4.33. The Bertz CT molecular complexity index is 1450. The predicted molar refractivity (Wildman–Crippen MR) is 115 cm³/mol. The van der Waals surface area contributed by atoms with E-state index in [-0.39, 0.29) is 16.0 Å². The molecule has 1 atom stereocenters. The van der Waals surface area contributed by atoms with Gasteiger partial charge >= 0.3 is 5.97 Å². The van der Waals surface area contributed by atoms with Crippen molar-refractivity contribution in [2.24, 2.45) is 0 Å². The summed E-state index contributed by atoms with van der Waals surface area (Å²) in [6.07, 6.45) is 0. The van der Waals surface area contributed by atoms with Crippen LogP contribution in [-0.2, 0) is 0 Å². The van der Waals surface area contributed by atoms with Gasteiger partial charge in [-0.05, 0) is 35.9 Å². The average Bonchev–Trinajstić information content (AvgIpc) is 2.72. The van der Waals surface area contributed by atoms with E-state index in [0.29, 0.717) is 22.3 Å². The SMILES string of the molecule is Nc1ccc(-c2cc3c(cc2F)c(=O)c(C(=O)O)c2n3C(c3ccccc3F)S2)cc1. The number of pyridine rings is 1. The number of hydrogen-bond acceptors (Lipinski definition) is 4. The van der Waals surface area contributed by atoms with Gasteiger partial charge in [0, 0.05) is 22.2 Å². The van der Waals surface area contributed by atoms with Crippen molar-refractivity contribution in [3.63, 3.8) is 0 Å². The lowest BCUT2D eigenvalue weighted by molar-refractivity contribution is 0.0689. The smallest absolute Gasteiger partial charge is 0.342 e. The molecule has 1 aliphatic heterocycles. The number of carboxylic acid groups (broad SMARTS) is 1. The molecule has 0 fully saturated rings. The number of benzene rings is 3. The van der Waals surface area contributed by atoms with E-state index in [2.05, 4.69) is 0 Å². The zero-order valence-electron chi connectivity index (χ0n) is 15.8. The largest absolute Gasteiger partial charge is 0.477 e. The first-order valence-corrected chi connectivity index (χ1v) is 10.2. The number of anilines is 1. The van der Waals surface area contributed by atoms with Crippen molar-refractivity contribution in [3.8, 4) is 11.1 Å². The highest BCUT2D eigenvalue weighted by molar-refractivity contribution is 8.00. The van der Waals surface area contributed by atoms with Crippen LogP contribution in [0.1, 0.15) is 21.3 Å². The molecular formula is C23H14F2N2O3S. The Hall–Kier alpha value is -3.65. The number of nitrogens with two attached hydrogens (primary N) is 1. The quantitative estimate of drug-likeness (QED) is 0.447. The predicted octanol–water partition coefficient (Wildman–Crippen LogP) is 4.88. The molecule has 1 aromatic heterocycles. The number of nitrogens with zero attached hydrogens (tertiary/aromatic N) is 1. The minimum Gasteiger partial charge on any atom is -0.477 e. The molecule has 0 aliphatic carbocycles. The van der Waals surface area contributed by atoms with Crippen LogP contribution in [0, 0.1) is 11.6 Å². The van der Waals surface area contributed by atoms with E-state index >= 15 is 0 Å². The van der Waals surface area contributed by atoms with Crippen LogP contribution in [0.15, 0.2) is 70.5 Å². The number of aromatic nitrogens is 1. The van der Waals surface area contributed by atoms with Crippen LogP contribution in [0.3, 0.4) is 0 Å². The summed E-state index contributed by atoms with van der Waals surface area (Å²) in [7, 11) is 0. The lowest BCUT2D eigenvalue weighted by Crippen LogP contribution is -2.30. The number of carbonyl (C=O) groups is 1. The van der Waals surface area contributed by atoms with Crippen molar-refractivity contribution >= 4 is 34.3 Å². The first-order valence-electron chi connectivity index (χ1n) is 9.29. The lowest BCUT2D eigenvalue weighted by Gasteiger charge is -2.35. The van der Waals surface area contributed by atoms with Crippen molar-refractivity contribution in [1.29, 1.82) is 0 Å². The zero-order valence-corrected chi connectivity index (χ0v) is 16.6. The van der Waals surface area contributed by atoms with Gasteiger partial charge in [-0.25, -0.2) is 13.6 Å². The van der Waals surface area contributed by atoms with Crippen LogP contribution in [0.4, 0.5) is 14.5 Å². The van der Waals surface area contributed by atoms with Crippen LogP contribution in [-0.4, -0.2) is 15.6 Å². The number of rotatable bonds is 3. The minimum atomic E-state index is -1.40. The van der Waals surface area contributed by atoms with Gasteiger partial charge in [0.25, 0.3) is 0 Å². The Morgan fingerprint density at radius 2 is 1.74 bits per heavy atom. The van der Waals surface area contributed by atoms with E-state index in [1.165, 1.54) is 12.1 Å². The lowest BCUT2D eigenvalue weighted by atomic mass is 10.0. The number of thioether (sulfide) groups is 1. The standard InChI is InChI=1S/C23H14F2N2O3S/c24-16-4-2-1-3-13(16)21-27-18-10-14(11-5-7-12(26)8-6-11)17(25)9-15(18)20(28)19(23(29)30)22(27)31-21/h1-10,21H,26H2,(H,29,30). The molecule has 2 heterocycles. The van der Waals surface area contributed by atoms with E-state index in [9.17, 15) is 23.5 Å². The molecule has 0 amide bonds. The van der Waals surface area contributed by atoms with Crippen molar-refractivity contribution in [2.75, 3.05) is 5.73 Å². The van der Waals surface area contributed by atoms with Crippen LogP contribution in [0.25, 0.3) is 22.0 Å². The van der Waals surface area contributed by atoms with Gasteiger partial charge in [-0.2, -0.15) is 0 Å². The summed E-state index contributed by atoms with van der Waals surface area (Å²) in [5, 5.41) is 9.16. The number of aromatic carboxylic acids is 1. The van der Waals surface area contributed by atoms with Crippen LogP contribution in [0.5, 0.6) is 0 Å². The molecular weight excluding hydrogens is 422 g/mol. The summed E-state index contributed by atoms with van der Waals surface area (Å²) in [6.45, 7) is 0. The first kappa shape index (κ1) is 19.3. The van der Waals surface area contributed by atoms with Gasteiger partial charge in [-0.3, -0.25) is 4.79 Å². The van der Waals surface area contributed by atoms with Crippen molar-refractivity contribution in [1.82, 2.24) is 4.57 Å². The molecule has 1 unspecified atom stereocenters. The van der Waals surface area contributed by atoms with Crippen molar-refractivity contribution < 1.29 is 18.7 Å². The summed E-state index contributed by atoms with van der Waals surface area (Å²) >= 11 is 1.09. The molecule has 3 N–H and O–H groups in total. The van der Waals surface area contributed by atoms with E-state index in [0.717, 1.165) is 17.8 Å². The number of carboxylic acids is 1. The fraction of sp³-hybridized carbons (Fsp3) is 0.0435. The maximum Gasteiger partial charge on any atom is 0.342 e. The number of halogens is 2. The maximum atomic E-state index is 15.0. The van der Waals surface area contributed by atoms with Crippen LogP contribution >= 0.6 is 11.8 Å². The van der Waals surface area contributed by atoms with Crippen molar-refractivity contribution in [3.05, 3.63) is 93.6 Å². The van der Waals surface area contributed by atoms with E-state index in [1.807, 2.05) is 0 Å². The number of nitrogen functional groups attached to an aromatic ring is 1. The molecule has 0 bridgehead atoms. The van der Waals surface area contributed by atoms with Gasteiger partial charge < -0.3 is 15.4 Å². The summed E-state index contributed by atoms with van der Waals surface area (Å²) < 4.78 is 31.0. The molecule has 154 valence electrons. The van der Waals surface area contributed by atoms with Crippen LogP contribution < -0.4 is 11.2 Å². The van der Waals surface area contributed by atoms with Gasteiger partial charge in [0.15, 0.2) is 0 Å². The third kappa shape index (κ3) is 2.90. The first-order chi connectivity index (χ1) is 14.9. The van der Waals surface area contributed by atoms with Gasteiger partial charge in [-0.1, -0.05) is 42.1 Å². The van der Waals surface area contributed by atoms with Gasteiger partial charge in [0.05, 0.1) is 10.5 Å². The Morgan fingerprint density at radius 1 is 1.03 bits per heavy atom. The summed E-state index contributed by atoms with van der Waals surface area (Å²) in [5.74, 6) is -2.52. The summed E-state index contributed by atoms with van der Waals surface area (Å²) in [5.41, 5.74) is 6.49. The molecule has 5 nitrogen and oxygen atoms in total. The second-order valence-corrected chi connectivity index (χ2v) is 8.22. The second kappa shape index (κ2) is 6.95. The topological polar surface area (TPSA) is 85.3 Å². The zero-order chi connectivity index (χ0) is 21.9. The average molecular weight is 436 g/mol. The molecule has 0 radical (unpaired) electrons. The third-order valence-corrected chi connectivity index (χ3v) is 6.63. The molecule has 4 aromatic rings. The molecule has 0 spiro atoms. The Morgan fingerprint density at radius 3 is 2.42 bits per heavy atom. The number of hydrogen-bond donors (Lipinski definition) is 2. The summed E-state index contributed by atoms with van der Waals surface area (Å²) in [6, 6.07) is 15.3. The monoisotopic (exact) mass is 436 g/mol. The van der Waals surface area contributed by atoms with E-state index < -0.39 is 34.0 Å². The molecule has 31 heavy (non-hydrogen) atoms. The third-order valence-electron chi connectivity index (χ3n) is 5.31. The van der Waals surface area contributed by atoms with Gasteiger partial charge in [-0.15, -0.1) is 0 Å². The normalized spacial score (nSPS) is 14.8. The molecule has 3 aromatic carbocycles. The maximum absolute atomic E-state index is 15.0. The summed E-state index contributed by atoms with van der Waals surface area (Å²) in [4.78, 5) is 24.6. The Balaban J connectivity index is 1.83. The molecule has 0 saturated heterocycles. The van der Waals surface area contributed by atoms with E-state index in [4.69, 9.17) is 5.73 Å². The van der Waals surface area contributed by atoms with Crippen molar-refractivity contribution in [2.45, 2.75) is 10.4 Å². The Labute approximate surface area is 178 Å². The second-order valence-electron chi connectivity index (χ2n) is 7.15. The number of fused-ring (bicyclic) bond motifs is 3. The fourth-order valence-corrected chi connectivity index (χ4v) is 5.12. The molecule has 8 heteroatoms.